The standard InChI is InChI=1S/C22H25N3O3S/c1-4-17(21(27)23-13-14-28-3)25-18-7-5-6-8-19(18)29-22(25)24-20(26)16-11-9-15(2)10-12-16/h5-12,17H,4,13-14H2,1-3H3,(H,23,27)/t17-/m0/s1. The maximum Gasteiger partial charge on any atom is 0.279 e. The Balaban J connectivity index is 2.06. The van der Waals surface area contributed by atoms with Gasteiger partial charge < -0.3 is 14.6 Å². The van der Waals surface area contributed by atoms with E-state index in [-0.39, 0.29) is 11.8 Å². The van der Waals surface area contributed by atoms with Gasteiger partial charge in [0.2, 0.25) is 5.91 Å². The Kier molecular flexibility index (Phi) is 6.95. The summed E-state index contributed by atoms with van der Waals surface area (Å²) < 4.78 is 7.86. The molecule has 1 N–H and O–H groups in total. The molecule has 0 aliphatic rings. The molecule has 0 fully saturated rings. The molecule has 0 aliphatic heterocycles. The third-order valence-corrected chi connectivity index (χ3v) is 5.67. The molecule has 29 heavy (non-hydrogen) atoms. The minimum absolute atomic E-state index is 0.114. The van der Waals surface area contributed by atoms with Gasteiger partial charge in [0, 0.05) is 19.2 Å². The second-order valence-electron chi connectivity index (χ2n) is 6.71. The maximum atomic E-state index is 12.8. The molecule has 1 heterocycles. The number of nitrogens with zero attached hydrogens (tertiary/aromatic N) is 2. The first kappa shape index (κ1) is 21.0. The van der Waals surface area contributed by atoms with Gasteiger partial charge in [0.25, 0.3) is 5.91 Å². The average molecular weight is 412 g/mol. The molecule has 3 rings (SSSR count). The highest BCUT2D eigenvalue weighted by atomic mass is 32.1. The van der Waals surface area contributed by atoms with Gasteiger partial charge in [0.05, 0.1) is 16.8 Å². The number of methoxy groups -OCH3 is 1. The van der Waals surface area contributed by atoms with E-state index in [2.05, 4.69) is 10.3 Å². The van der Waals surface area contributed by atoms with Crippen LogP contribution in [0.5, 0.6) is 0 Å². The highest BCUT2D eigenvalue weighted by molar-refractivity contribution is 7.16. The molecule has 2 aromatic carbocycles. The van der Waals surface area contributed by atoms with Crippen molar-refractivity contribution < 1.29 is 14.3 Å². The van der Waals surface area contributed by atoms with Crippen LogP contribution < -0.4 is 10.1 Å². The molecule has 6 nitrogen and oxygen atoms in total. The number of aromatic nitrogens is 1. The van der Waals surface area contributed by atoms with Gasteiger partial charge in [-0.25, -0.2) is 0 Å². The van der Waals surface area contributed by atoms with Crippen molar-refractivity contribution in [3.8, 4) is 0 Å². The molecule has 1 atom stereocenters. The number of nitrogens with one attached hydrogen (secondary N) is 1. The van der Waals surface area contributed by atoms with E-state index in [1.807, 2.05) is 54.8 Å². The fourth-order valence-electron chi connectivity index (χ4n) is 3.10. The Morgan fingerprint density at radius 2 is 1.90 bits per heavy atom. The zero-order chi connectivity index (χ0) is 20.8. The van der Waals surface area contributed by atoms with Crippen LogP contribution in [0.15, 0.2) is 53.5 Å². The maximum absolute atomic E-state index is 12.8. The van der Waals surface area contributed by atoms with E-state index in [1.165, 1.54) is 11.3 Å². The van der Waals surface area contributed by atoms with Crippen molar-refractivity contribution in [1.82, 2.24) is 9.88 Å². The quantitative estimate of drug-likeness (QED) is 0.605. The fourth-order valence-corrected chi connectivity index (χ4v) is 4.16. The van der Waals surface area contributed by atoms with Gasteiger partial charge in [-0.3, -0.25) is 9.59 Å². The molecule has 0 aliphatic carbocycles. The zero-order valence-corrected chi connectivity index (χ0v) is 17.7. The van der Waals surface area contributed by atoms with Crippen LogP contribution in [-0.2, 0) is 9.53 Å². The molecule has 0 saturated heterocycles. The smallest absolute Gasteiger partial charge is 0.279 e. The zero-order valence-electron chi connectivity index (χ0n) is 16.8. The van der Waals surface area contributed by atoms with Gasteiger partial charge in [-0.15, -0.1) is 0 Å². The van der Waals surface area contributed by atoms with Crippen molar-refractivity contribution in [3.63, 3.8) is 0 Å². The SMILES string of the molecule is CC[C@@H](C(=O)NCCOC)n1c(=NC(=O)c2ccc(C)cc2)sc2ccccc21. The Labute approximate surface area is 173 Å². The third kappa shape index (κ3) is 4.81. The summed E-state index contributed by atoms with van der Waals surface area (Å²) in [6.45, 7) is 4.80. The summed E-state index contributed by atoms with van der Waals surface area (Å²) in [5, 5.41) is 2.90. The van der Waals surface area contributed by atoms with Gasteiger partial charge >= 0.3 is 0 Å². The van der Waals surface area contributed by atoms with E-state index in [4.69, 9.17) is 4.74 Å². The average Bonchev–Trinajstić information content (AvgIpc) is 3.07. The molecule has 0 unspecified atom stereocenters. The first-order valence-corrected chi connectivity index (χ1v) is 10.4. The normalized spacial score (nSPS) is 12.9. The predicted molar refractivity (Wildman–Crippen MR) is 115 cm³/mol. The summed E-state index contributed by atoms with van der Waals surface area (Å²) >= 11 is 1.41. The van der Waals surface area contributed by atoms with Gasteiger partial charge in [0.15, 0.2) is 4.80 Å². The van der Waals surface area contributed by atoms with E-state index in [0.29, 0.717) is 29.9 Å². The van der Waals surface area contributed by atoms with E-state index >= 15 is 0 Å². The van der Waals surface area contributed by atoms with Gasteiger partial charge in [-0.05, 0) is 37.6 Å². The summed E-state index contributed by atoms with van der Waals surface area (Å²) in [6.07, 6.45) is 0.575. The summed E-state index contributed by atoms with van der Waals surface area (Å²) in [6, 6.07) is 14.6. The number of rotatable bonds is 7. The Morgan fingerprint density at radius 3 is 2.59 bits per heavy atom. The molecule has 0 radical (unpaired) electrons. The summed E-state index contributed by atoms with van der Waals surface area (Å²) in [4.78, 5) is 30.5. The van der Waals surface area contributed by atoms with Crippen molar-refractivity contribution in [2.24, 2.45) is 4.99 Å². The first-order chi connectivity index (χ1) is 14.0. The first-order valence-electron chi connectivity index (χ1n) is 9.57. The molecule has 152 valence electrons. The monoisotopic (exact) mass is 411 g/mol. The predicted octanol–water partition coefficient (Wildman–Crippen LogP) is 3.47. The van der Waals surface area contributed by atoms with E-state index in [9.17, 15) is 9.59 Å². The molecule has 2 amide bonds. The number of benzene rings is 2. The highest BCUT2D eigenvalue weighted by Gasteiger charge is 2.22. The summed E-state index contributed by atoms with van der Waals surface area (Å²) in [7, 11) is 1.60. The van der Waals surface area contributed by atoms with Crippen molar-refractivity contribution in [3.05, 3.63) is 64.5 Å². The Morgan fingerprint density at radius 1 is 1.17 bits per heavy atom. The number of aryl methyl sites for hydroxylation is 1. The Hall–Kier alpha value is -2.77. The molecule has 1 aromatic heterocycles. The van der Waals surface area contributed by atoms with Crippen LogP contribution >= 0.6 is 11.3 Å². The number of fused-ring (bicyclic) bond motifs is 1. The molecular formula is C22H25N3O3S. The Bertz CT molecular complexity index is 1070. The van der Waals surface area contributed by atoms with Crippen LogP contribution in [0.4, 0.5) is 0 Å². The number of amides is 2. The van der Waals surface area contributed by atoms with Crippen LogP contribution in [-0.4, -0.2) is 36.6 Å². The second kappa shape index (κ2) is 9.62. The molecular weight excluding hydrogens is 386 g/mol. The number of hydrogen-bond donors (Lipinski definition) is 1. The van der Waals surface area contributed by atoms with Crippen molar-refractivity contribution in [2.45, 2.75) is 26.3 Å². The molecule has 3 aromatic rings. The van der Waals surface area contributed by atoms with E-state index in [0.717, 1.165) is 15.8 Å². The number of ether oxygens (including phenoxy) is 1. The van der Waals surface area contributed by atoms with Gasteiger partial charge in [0.1, 0.15) is 6.04 Å². The molecule has 0 saturated carbocycles. The molecule has 0 spiro atoms. The summed E-state index contributed by atoms with van der Waals surface area (Å²) in [5.41, 5.74) is 2.50. The fraction of sp³-hybridized carbons (Fsp3) is 0.318. The van der Waals surface area contributed by atoms with Crippen LogP contribution in [0.2, 0.25) is 0 Å². The highest BCUT2D eigenvalue weighted by Crippen LogP contribution is 2.22. The molecule has 0 bridgehead atoms. The van der Waals surface area contributed by atoms with Gasteiger partial charge in [-0.2, -0.15) is 4.99 Å². The third-order valence-electron chi connectivity index (χ3n) is 4.63. The van der Waals surface area contributed by atoms with Crippen molar-refractivity contribution >= 4 is 33.4 Å². The van der Waals surface area contributed by atoms with Gasteiger partial charge in [-0.1, -0.05) is 48.1 Å². The van der Waals surface area contributed by atoms with Crippen LogP contribution in [0.3, 0.4) is 0 Å². The topological polar surface area (TPSA) is 72.7 Å². The van der Waals surface area contributed by atoms with E-state index in [1.54, 1.807) is 19.2 Å². The van der Waals surface area contributed by atoms with Crippen molar-refractivity contribution in [1.29, 1.82) is 0 Å². The van der Waals surface area contributed by atoms with Crippen molar-refractivity contribution in [2.75, 3.05) is 20.3 Å². The number of hydrogen-bond acceptors (Lipinski definition) is 4. The van der Waals surface area contributed by atoms with E-state index < -0.39 is 6.04 Å². The number of carbonyl (C=O) groups excluding carboxylic acids is 2. The van der Waals surface area contributed by atoms with Crippen LogP contribution in [0.25, 0.3) is 10.2 Å². The van der Waals surface area contributed by atoms with Crippen LogP contribution in [0.1, 0.15) is 35.3 Å². The lowest BCUT2D eigenvalue weighted by molar-refractivity contribution is -0.124. The largest absolute Gasteiger partial charge is 0.383 e. The minimum Gasteiger partial charge on any atom is -0.383 e. The lowest BCUT2D eigenvalue weighted by Crippen LogP contribution is -2.37. The lowest BCUT2D eigenvalue weighted by Gasteiger charge is -2.18. The number of para-hydroxylation sites is 1. The summed E-state index contributed by atoms with van der Waals surface area (Å²) in [5.74, 6) is -0.433. The van der Waals surface area contributed by atoms with Crippen LogP contribution in [0, 0.1) is 6.92 Å². The lowest BCUT2D eigenvalue weighted by atomic mass is 10.1. The molecule has 7 heteroatoms. The number of thiazole rings is 1. The minimum atomic E-state index is -0.465. The second-order valence-corrected chi connectivity index (χ2v) is 7.72. The number of carbonyl (C=O) groups is 2.